The van der Waals surface area contributed by atoms with E-state index in [2.05, 4.69) is 9.44 Å². The van der Waals surface area contributed by atoms with Crippen molar-refractivity contribution in [1.29, 1.82) is 0 Å². The molecule has 0 aromatic heterocycles. The van der Waals surface area contributed by atoms with Crippen molar-refractivity contribution in [2.45, 2.75) is 23.6 Å². The van der Waals surface area contributed by atoms with Gasteiger partial charge in [-0.15, -0.1) is 0 Å². The first-order chi connectivity index (χ1) is 25.1. The van der Waals surface area contributed by atoms with Gasteiger partial charge < -0.3 is 0 Å². The van der Waals surface area contributed by atoms with Gasteiger partial charge in [-0.1, -0.05) is 132 Å². The van der Waals surface area contributed by atoms with E-state index in [0.29, 0.717) is 33.9 Å². The molecule has 52 heavy (non-hydrogen) atoms. The third-order valence-corrected chi connectivity index (χ3v) is 11.0. The summed E-state index contributed by atoms with van der Waals surface area (Å²) in [7, 11) is -7.76. The summed E-state index contributed by atoms with van der Waals surface area (Å²) in [6.07, 6.45) is 0. The summed E-state index contributed by atoms with van der Waals surface area (Å²) >= 11 is 0. The summed E-state index contributed by atoms with van der Waals surface area (Å²) in [5, 5.41) is 0. The quantitative estimate of drug-likeness (QED) is 0.0921. The molecule has 6 aromatic rings. The van der Waals surface area contributed by atoms with Crippen LogP contribution in [0, 0.1) is 13.8 Å². The van der Waals surface area contributed by atoms with Crippen molar-refractivity contribution in [3.63, 3.8) is 0 Å². The standard InChI is InChI=1S/C42H38N4O4S2/c1-31-21-25-35(26-22-31)51(47,48)45-39-19-11-9-17-37(39)41(33-13-5-3-6-14-33)43-29-30-44-42(34-15-7-4-8-16-34)38-18-10-12-20-40(38)46-52(49,50)36-27-23-32(2)24-28-36/h3-28,45-46H,29-30H2,1-2H3. The van der Waals surface area contributed by atoms with Gasteiger partial charge in [-0.05, 0) is 50.2 Å². The van der Waals surface area contributed by atoms with Gasteiger partial charge in [0.05, 0.1) is 45.7 Å². The second-order valence-corrected chi connectivity index (χ2v) is 15.5. The van der Waals surface area contributed by atoms with Crippen molar-refractivity contribution in [2.75, 3.05) is 22.5 Å². The van der Waals surface area contributed by atoms with E-state index in [4.69, 9.17) is 9.98 Å². The molecule has 0 aliphatic rings. The molecule has 8 nitrogen and oxygen atoms in total. The molecule has 0 saturated heterocycles. The molecule has 0 spiro atoms. The number of para-hydroxylation sites is 2. The van der Waals surface area contributed by atoms with Crippen LogP contribution in [0.15, 0.2) is 178 Å². The molecule has 0 amide bonds. The molecule has 0 aliphatic heterocycles. The smallest absolute Gasteiger partial charge is 0.261 e. The maximum absolute atomic E-state index is 13.4. The van der Waals surface area contributed by atoms with Crippen LogP contribution in [-0.4, -0.2) is 41.3 Å². The largest absolute Gasteiger partial charge is 0.282 e. The molecule has 0 heterocycles. The maximum atomic E-state index is 13.4. The molecule has 2 N–H and O–H groups in total. The third-order valence-electron chi connectivity index (χ3n) is 8.25. The van der Waals surface area contributed by atoms with Crippen LogP contribution in [-0.2, 0) is 20.0 Å². The third kappa shape index (κ3) is 8.71. The van der Waals surface area contributed by atoms with E-state index in [1.807, 2.05) is 98.8 Å². The second-order valence-electron chi connectivity index (χ2n) is 12.1. The molecule has 0 aliphatic carbocycles. The van der Waals surface area contributed by atoms with E-state index >= 15 is 0 Å². The Labute approximate surface area is 305 Å². The Morgan fingerprint density at radius 3 is 1.13 bits per heavy atom. The van der Waals surface area contributed by atoms with Crippen LogP contribution < -0.4 is 9.44 Å². The van der Waals surface area contributed by atoms with Crippen LogP contribution in [0.4, 0.5) is 11.4 Å². The first kappa shape index (κ1) is 36.0. The van der Waals surface area contributed by atoms with Crippen molar-refractivity contribution in [1.82, 2.24) is 0 Å². The van der Waals surface area contributed by atoms with Gasteiger partial charge in [-0.3, -0.25) is 19.4 Å². The Morgan fingerprint density at radius 1 is 0.442 bits per heavy atom. The minimum atomic E-state index is -3.88. The van der Waals surface area contributed by atoms with Gasteiger partial charge in [0.25, 0.3) is 20.0 Å². The Balaban J connectivity index is 1.34. The van der Waals surface area contributed by atoms with Gasteiger partial charge >= 0.3 is 0 Å². The summed E-state index contributed by atoms with van der Waals surface area (Å²) in [6, 6.07) is 46.9. The van der Waals surface area contributed by atoms with E-state index in [1.54, 1.807) is 72.8 Å². The van der Waals surface area contributed by atoms with Crippen molar-refractivity contribution in [3.05, 3.63) is 191 Å². The van der Waals surface area contributed by atoms with Crippen molar-refractivity contribution >= 4 is 42.8 Å². The lowest BCUT2D eigenvalue weighted by atomic mass is 10.0. The molecule has 6 aromatic carbocycles. The molecule has 0 radical (unpaired) electrons. The normalized spacial score (nSPS) is 12.3. The van der Waals surface area contributed by atoms with Gasteiger partial charge in [-0.25, -0.2) is 16.8 Å². The van der Waals surface area contributed by atoms with Crippen LogP contribution >= 0.6 is 0 Å². The lowest BCUT2D eigenvalue weighted by Gasteiger charge is -2.16. The fourth-order valence-electron chi connectivity index (χ4n) is 5.58. The van der Waals surface area contributed by atoms with Crippen LogP contribution in [0.3, 0.4) is 0 Å². The minimum absolute atomic E-state index is 0.162. The summed E-state index contributed by atoms with van der Waals surface area (Å²) in [6.45, 7) is 4.33. The molecular weight excluding hydrogens is 689 g/mol. The first-order valence-electron chi connectivity index (χ1n) is 16.7. The Bertz CT molecular complexity index is 2260. The van der Waals surface area contributed by atoms with Crippen LogP contribution in [0.5, 0.6) is 0 Å². The number of anilines is 2. The summed E-state index contributed by atoms with van der Waals surface area (Å²) in [4.78, 5) is 10.3. The average Bonchev–Trinajstić information content (AvgIpc) is 3.15. The second kappa shape index (κ2) is 16.0. The van der Waals surface area contributed by atoms with E-state index in [1.165, 1.54) is 0 Å². The topological polar surface area (TPSA) is 117 Å². The zero-order valence-electron chi connectivity index (χ0n) is 28.8. The summed E-state index contributed by atoms with van der Waals surface area (Å²) in [5.74, 6) is 0. The molecule has 0 bridgehead atoms. The van der Waals surface area contributed by atoms with Crippen LogP contribution in [0.25, 0.3) is 0 Å². The summed E-state index contributed by atoms with van der Waals surface area (Å²) in [5.41, 5.74) is 6.78. The number of hydrogen-bond acceptors (Lipinski definition) is 6. The van der Waals surface area contributed by atoms with Crippen LogP contribution in [0.1, 0.15) is 33.4 Å². The van der Waals surface area contributed by atoms with Crippen molar-refractivity contribution < 1.29 is 16.8 Å². The predicted molar refractivity (Wildman–Crippen MR) is 211 cm³/mol. The molecule has 0 fully saturated rings. The molecule has 0 saturated carbocycles. The summed E-state index contributed by atoms with van der Waals surface area (Å²) < 4.78 is 59.2. The van der Waals surface area contributed by atoms with E-state index in [0.717, 1.165) is 22.3 Å². The number of rotatable bonds is 13. The van der Waals surface area contributed by atoms with Gasteiger partial charge in [-0.2, -0.15) is 0 Å². The highest BCUT2D eigenvalue weighted by Gasteiger charge is 2.20. The first-order valence-corrected chi connectivity index (χ1v) is 19.6. The molecule has 10 heteroatoms. The highest BCUT2D eigenvalue weighted by molar-refractivity contribution is 7.93. The zero-order chi connectivity index (χ0) is 36.6. The maximum Gasteiger partial charge on any atom is 0.261 e. The van der Waals surface area contributed by atoms with Gasteiger partial charge in [0, 0.05) is 22.3 Å². The number of aryl methyl sites for hydroxylation is 2. The van der Waals surface area contributed by atoms with E-state index < -0.39 is 20.0 Å². The van der Waals surface area contributed by atoms with Gasteiger partial charge in [0.1, 0.15) is 0 Å². The van der Waals surface area contributed by atoms with Gasteiger partial charge in [0.2, 0.25) is 0 Å². The number of aliphatic imine (C=N–C) groups is 2. The molecule has 0 atom stereocenters. The Hall–Kier alpha value is -5.84. The average molecular weight is 727 g/mol. The van der Waals surface area contributed by atoms with Crippen molar-refractivity contribution in [3.8, 4) is 0 Å². The highest BCUT2D eigenvalue weighted by Crippen LogP contribution is 2.26. The van der Waals surface area contributed by atoms with Gasteiger partial charge in [0.15, 0.2) is 0 Å². The fourth-order valence-corrected chi connectivity index (χ4v) is 7.74. The number of benzene rings is 6. The number of nitrogens with one attached hydrogen (secondary N) is 2. The number of nitrogens with zero attached hydrogens (tertiary/aromatic N) is 2. The predicted octanol–water partition coefficient (Wildman–Crippen LogP) is 8.28. The molecule has 6 rings (SSSR count). The monoisotopic (exact) mass is 726 g/mol. The molecule has 262 valence electrons. The lowest BCUT2D eigenvalue weighted by molar-refractivity contribution is 0.599. The number of sulfonamides is 2. The molecular formula is C42H38N4O4S2. The molecule has 0 unspecified atom stereocenters. The number of hydrogen-bond donors (Lipinski definition) is 2. The zero-order valence-corrected chi connectivity index (χ0v) is 30.4. The lowest BCUT2D eigenvalue weighted by Crippen LogP contribution is -2.17. The van der Waals surface area contributed by atoms with E-state index in [-0.39, 0.29) is 22.9 Å². The van der Waals surface area contributed by atoms with Crippen molar-refractivity contribution in [2.24, 2.45) is 9.98 Å². The minimum Gasteiger partial charge on any atom is -0.282 e. The Kier molecular flexibility index (Phi) is 11.1. The SMILES string of the molecule is Cc1ccc(S(=O)(=O)Nc2ccccc2C(=NCCN=C(c2ccccc2)c2ccccc2NS(=O)(=O)c2ccc(C)cc2)c2ccccc2)cc1. The van der Waals surface area contributed by atoms with E-state index in [9.17, 15) is 16.8 Å². The van der Waals surface area contributed by atoms with Crippen LogP contribution in [0.2, 0.25) is 0 Å². The highest BCUT2D eigenvalue weighted by atomic mass is 32.2. The fraction of sp³-hybridized carbons (Fsp3) is 0.0952. The Morgan fingerprint density at radius 2 is 0.769 bits per heavy atom.